The Kier molecular flexibility index (Phi) is 4.97. The van der Waals surface area contributed by atoms with Crippen LogP contribution in [-0.4, -0.2) is 48.8 Å². The van der Waals surface area contributed by atoms with Gasteiger partial charge in [0.15, 0.2) is 5.65 Å². The zero-order valence-electron chi connectivity index (χ0n) is 16.1. The number of rotatable bonds is 6. The Morgan fingerprint density at radius 2 is 2.03 bits per heavy atom. The van der Waals surface area contributed by atoms with Gasteiger partial charge in [0.25, 0.3) is 0 Å². The number of hydrogen-bond acceptors (Lipinski definition) is 6. The third-order valence-electron chi connectivity index (χ3n) is 5.81. The van der Waals surface area contributed by atoms with Crippen LogP contribution < -0.4 is 5.32 Å². The maximum Gasteiger partial charge on any atom is 0.157 e. The maximum atomic E-state index is 10.3. The first-order chi connectivity index (χ1) is 14.1. The summed E-state index contributed by atoms with van der Waals surface area (Å²) in [6.07, 6.45) is 3.39. The van der Waals surface area contributed by atoms with E-state index >= 15 is 0 Å². The summed E-state index contributed by atoms with van der Waals surface area (Å²) in [6, 6.07) is 12.0. The molecule has 2 fully saturated rings. The molecular formula is C22H25N4O2S. The quantitative estimate of drug-likeness (QED) is 0.542. The van der Waals surface area contributed by atoms with Crippen LogP contribution in [0.4, 0.5) is 5.82 Å². The van der Waals surface area contributed by atoms with Crippen molar-refractivity contribution in [3.05, 3.63) is 49.5 Å². The lowest BCUT2D eigenvalue weighted by molar-refractivity contribution is 0.0256. The van der Waals surface area contributed by atoms with Crippen LogP contribution in [-0.2, 0) is 0 Å². The van der Waals surface area contributed by atoms with E-state index < -0.39 is 12.2 Å². The summed E-state index contributed by atoms with van der Waals surface area (Å²) in [5.41, 5.74) is 2.67. The van der Waals surface area contributed by atoms with Crippen LogP contribution in [0, 0.1) is 18.8 Å². The zero-order valence-corrected chi connectivity index (χ0v) is 16.9. The highest BCUT2D eigenvalue weighted by Crippen LogP contribution is 2.36. The summed E-state index contributed by atoms with van der Waals surface area (Å²) in [5, 5.41) is 28.3. The molecular weight excluding hydrogens is 384 g/mol. The van der Waals surface area contributed by atoms with E-state index in [1.807, 2.05) is 23.9 Å². The Morgan fingerprint density at radius 1 is 1.17 bits per heavy atom. The molecule has 0 unspecified atom stereocenters. The third-order valence-corrected chi connectivity index (χ3v) is 7.03. The fourth-order valence-corrected chi connectivity index (χ4v) is 4.99. The number of benzene rings is 1. The molecule has 2 aromatic heterocycles. The highest BCUT2D eigenvalue weighted by molar-refractivity contribution is 7.99. The molecule has 29 heavy (non-hydrogen) atoms. The van der Waals surface area contributed by atoms with E-state index in [9.17, 15) is 10.2 Å². The summed E-state index contributed by atoms with van der Waals surface area (Å²) in [6.45, 7) is 3.92. The van der Waals surface area contributed by atoms with Crippen molar-refractivity contribution in [1.29, 1.82) is 0 Å². The van der Waals surface area contributed by atoms with Gasteiger partial charge < -0.3 is 15.5 Å². The SMILES string of the molecule is [CH2][C@@H]1C[C@@H](Nc2ccnc3cc(-c4cccc(SCC5CC5)c4)nn23)[C@H](O)[C@@H]1O. The van der Waals surface area contributed by atoms with Crippen molar-refractivity contribution in [2.45, 2.75) is 42.4 Å². The molecule has 1 radical (unpaired) electrons. The normalized spacial score (nSPS) is 26.9. The van der Waals surface area contributed by atoms with Crippen molar-refractivity contribution >= 4 is 23.2 Å². The highest BCUT2D eigenvalue weighted by Gasteiger charge is 2.39. The molecule has 5 rings (SSSR count). The predicted molar refractivity (Wildman–Crippen MR) is 115 cm³/mol. The van der Waals surface area contributed by atoms with Crippen molar-refractivity contribution < 1.29 is 10.2 Å². The first kappa shape index (κ1) is 18.9. The highest BCUT2D eigenvalue weighted by atomic mass is 32.2. The molecule has 1 aromatic carbocycles. The third kappa shape index (κ3) is 3.86. The van der Waals surface area contributed by atoms with Crippen LogP contribution in [0.15, 0.2) is 47.5 Å². The van der Waals surface area contributed by atoms with Gasteiger partial charge in [-0.3, -0.25) is 0 Å². The molecule has 4 atom stereocenters. The van der Waals surface area contributed by atoms with E-state index in [-0.39, 0.29) is 12.0 Å². The van der Waals surface area contributed by atoms with Crippen molar-refractivity contribution in [2.75, 3.05) is 11.1 Å². The van der Waals surface area contributed by atoms with Crippen molar-refractivity contribution in [3.63, 3.8) is 0 Å². The van der Waals surface area contributed by atoms with Gasteiger partial charge in [0.05, 0.1) is 17.8 Å². The number of aliphatic hydroxyl groups is 2. The van der Waals surface area contributed by atoms with Gasteiger partial charge in [-0.05, 0) is 56.2 Å². The molecule has 0 saturated heterocycles. The molecule has 6 nitrogen and oxygen atoms in total. The summed E-state index contributed by atoms with van der Waals surface area (Å²) in [4.78, 5) is 5.70. The first-order valence-electron chi connectivity index (χ1n) is 10.1. The monoisotopic (exact) mass is 409 g/mol. The molecule has 2 heterocycles. The molecule has 2 aliphatic rings. The molecule has 7 heteroatoms. The molecule has 2 saturated carbocycles. The zero-order chi connectivity index (χ0) is 20.0. The smallest absolute Gasteiger partial charge is 0.157 e. The van der Waals surface area contributed by atoms with Crippen LogP contribution >= 0.6 is 11.8 Å². The Bertz CT molecular complexity index is 1020. The molecule has 0 bridgehead atoms. The van der Waals surface area contributed by atoms with E-state index in [2.05, 4.69) is 41.5 Å². The number of aliphatic hydroxyl groups excluding tert-OH is 2. The summed E-state index contributed by atoms with van der Waals surface area (Å²) < 4.78 is 1.76. The molecule has 0 aliphatic heterocycles. The predicted octanol–water partition coefficient (Wildman–Crippen LogP) is 3.25. The number of nitrogens with zero attached hydrogens (tertiary/aromatic N) is 3. The lowest BCUT2D eigenvalue weighted by atomic mass is 10.1. The minimum absolute atomic E-state index is 0.191. The van der Waals surface area contributed by atoms with Gasteiger partial charge in [-0.2, -0.15) is 9.61 Å². The van der Waals surface area contributed by atoms with Gasteiger partial charge in [0.1, 0.15) is 11.9 Å². The number of anilines is 1. The second kappa shape index (κ2) is 7.63. The van der Waals surface area contributed by atoms with Crippen LogP contribution in [0.2, 0.25) is 0 Å². The Morgan fingerprint density at radius 3 is 2.79 bits per heavy atom. The fraction of sp³-hybridized carbons (Fsp3) is 0.409. The van der Waals surface area contributed by atoms with E-state index in [1.165, 1.54) is 23.5 Å². The van der Waals surface area contributed by atoms with Crippen molar-refractivity contribution in [2.24, 2.45) is 11.8 Å². The lowest BCUT2D eigenvalue weighted by Crippen LogP contribution is -2.35. The van der Waals surface area contributed by atoms with E-state index in [4.69, 9.17) is 5.10 Å². The number of fused-ring (bicyclic) bond motifs is 1. The average Bonchev–Trinajstić information content (AvgIpc) is 3.41. The number of thioether (sulfide) groups is 1. The first-order valence-corrected chi connectivity index (χ1v) is 11.1. The van der Waals surface area contributed by atoms with Gasteiger partial charge >= 0.3 is 0 Å². The average molecular weight is 410 g/mol. The Labute approximate surface area is 174 Å². The summed E-state index contributed by atoms with van der Waals surface area (Å²) >= 11 is 1.91. The lowest BCUT2D eigenvalue weighted by Gasteiger charge is -2.19. The van der Waals surface area contributed by atoms with E-state index in [0.717, 1.165) is 28.6 Å². The van der Waals surface area contributed by atoms with Crippen LogP contribution in [0.1, 0.15) is 19.3 Å². The Hall–Kier alpha value is -2.09. The number of nitrogens with one attached hydrogen (secondary N) is 1. The second-order valence-electron chi connectivity index (χ2n) is 8.14. The second-order valence-corrected chi connectivity index (χ2v) is 9.23. The molecule has 0 spiro atoms. The largest absolute Gasteiger partial charge is 0.390 e. The van der Waals surface area contributed by atoms with Gasteiger partial charge in [-0.1, -0.05) is 12.1 Å². The van der Waals surface area contributed by atoms with Gasteiger partial charge in [-0.15, -0.1) is 11.8 Å². The van der Waals surface area contributed by atoms with Crippen molar-refractivity contribution in [3.8, 4) is 11.3 Å². The summed E-state index contributed by atoms with van der Waals surface area (Å²) in [5.74, 6) is 2.63. The van der Waals surface area contributed by atoms with Gasteiger partial charge in [-0.25, -0.2) is 4.98 Å². The molecule has 2 aliphatic carbocycles. The van der Waals surface area contributed by atoms with Crippen molar-refractivity contribution in [1.82, 2.24) is 14.6 Å². The van der Waals surface area contributed by atoms with Crippen LogP contribution in [0.3, 0.4) is 0 Å². The van der Waals surface area contributed by atoms with Crippen LogP contribution in [0.25, 0.3) is 16.9 Å². The number of aromatic nitrogens is 3. The topological polar surface area (TPSA) is 82.7 Å². The number of hydrogen-bond donors (Lipinski definition) is 3. The summed E-state index contributed by atoms with van der Waals surface area (Å²) in [7, 11) is 0. The van der Waals surface area contributed by atoms with Gasteiger partial charge in [0, 0.05) is 28.5 Å². The maximum absolute atomic E-state index is 10.3. The molecule has 3 N–H and O–H groups in total. The fourth-order valence-electron chi connectivity index (χ4n) is 3.85. The van der Waals surface area contributed by atoms with Crippen LogP contribution in [0.5, 0.6) is 0 Å². The van der Waals surface area contributed by atoms with E-state index in [1.54, 1.807) is 10.7 Å². The van der Waals surface area contributed by atoms with Gasteiger partial charge in [0.2, 0.25) is 0 Å². The van der Waals surface area contributed by atoms with E-state index in [0.29, 0.717) is 6.42 Å². The molecule has 151 valence electrons. The minimum atomic E-state index is -0.851. The Balaban J connectivity index is 1.41. The molecule has 0 amide bonds. The standard InChI is InChI=1S/C22H25N4O2S/c1-13-9-18(22(28)21(13)27)24-19-7-8-23-20-11-17(25-26(19)20)15-3-2-4-16(10-15)29-12-14-5-6-14/h2-4,7-8,10-11,13-14,18,21-22,24,27-28H,1,5-6,9,12H2/t13-,18-,21-,22+/m1/s1. The minimum Gasteiger partial charge on any atom is -0.390 e. The molecule has 3 aromatic rings.